The van der Waals surface area contributed by atoms with Crippen molar-refractivity contribution in [2.75, 3.05) is 60.3 Å². The molecule has 1 aromatic rings. The zero-order valence-electron chi connectivity index (χ0n) is 20.7. The molecule has 0 aromatic heterocycles. The summed E-state index contributed by atoms with van der Waals surface area (Å²) < 4.78 is 25.0. The summed E-state index contributed by atoms with van der Waals surface area (Å²) in [6.07, 6.45) is 5.52. The first-order valence-electron chi connectivity index (χ1n) is 12.3. The molecule has 3 aliphatic carbocycles. The zero-order chi connectivity index (χ0) is 22.8. The lowest BCUT2D eigenvalue weighted by Crippen LogP contribution is -2.56. The van der Waals surface area contributed by atoms with Gasteiger partial charge in [-0.3, -0.25) is 0 Å². The highest BCUT2D eigenvalue weighted by Crippen LogP contribution is 2.61. The van der Waals surface area contributed by atoms with Crippen LogP contribution in [-0.2, 0) is 16.0 Å². The van der Waals surface area contributed by atoms with E-state index in [4.69, 9.17) is 18.9 Å². The maximum atomic E-state index is 6.23. The number of hydrogen-bond acceptors (Lipinski definition) is 4. The van der Waals surface area contributed by atoms with Gasteiger partial charge in [-0.05, 0) is 61.0 Å². The van der Waals surface area contributed by atoms with E-state index < -0.39 is 0 Å². The number of halogens is 2. The van der Waals surface area contributed by atoms with Crippen LogP contribution >= 0.6 is 32.9 Å². The molecule has 2 bridgehead atoms. The Balaban J connectivity index is 0.00000306. The molecule has 3 unspecified atom stereocenters. The third-order valence-corrected chi connectivity index (χ3v) is 9.56. The van der Waals surface area contributed by atoms with Crippen LogP contribution in [0.2, 0.25) is 0 Å². The molecule has 1 aliphatic heterocycles. The largest absolute Gasteiger partial charge is 0.493 e. The fourth-order valence-corrected chi connectivity index (χ4v) is 6.92. The number of nitrogens with zero attached hydrogens (tertiary/aromatic N) is 1. The molecule has 1 heterocycles. The summed E-state index contributed by atoms with van der Waals surface area (Å²) in [5.74, 6) is 4.30. The van der Waals surface area contributed by atoms with Gasteiger partial charge in [0.2, 0.25) is 0 Å². The highest BCUT2D eigenvalue weighted by atomic mass is 79.9. The first-order chi connectivity index (χ1) is 15.4. The van der Waals surface area contributed by atoms with Crippen molar-refractivity contribution in [2.45, 2.75) is 46.1 Å². The number of fused-ring (bicyclic) bond motifs is 2. The molecule has 1 saturated heterocycles. The van der Waals surface area contributed by atoms with E-state index in [0.29, 0.717) is 5.41 Å². The summed E-state index contributed by atoms with van der Waals surface area (Å²) >= 11 is 3.75. The number of ether oxygens (including phenoxy) is 4. The van der Waals surface area contributed by atoms with Gasteiger partial charge in [-0.1, -0.05) is 29.8 Å². The highest BCUT2D eigenvalue weighted by molar-refractivity contribution is 9.10. The second-order valence-electron chi connectivity index (χ2n) is 10.7. The molecule has 3 atom stereocenters. The number of hydrogen-bond donors (Lipinski definition) is 0. The summed E-state index contributed by atoms with van der Waals surface area (Å²) in [4.78, 5) is 0. The van der Waals surface area contributed by atoms with Crippen molar-refractivity contribution in [2.24, 2.45) is 23.2 Å². The Morgan fingerprint density at radius 3 is 2.39 bits per heavy atom. The molecule has 0 N–H and O–H groups in total. The van der Waals surface area contributed by atoms with E-state index in [1.165, 1.54) is 31.2 Å². The molecule has 188 valence electrons. The fourth-order valence-electron chi connectivity index (χ4n) is 6.47. The maximum Gasteiger partial charge on any atom is 0.161 e. The maximum absolute atomic E-state index is 6.23. The van der Waals surface area contributed by atoms with E-state index >= 15 is 0 Å². The van der Waals surface area contributed by atoms with Crippen LogP contribution in [0.15, 0.2) is 16.6 Å². The molecule has 1 aromatic carbocycles. The molecule has 7 heteroatoms. The summed E-state index contributed by atoms with van der Waals surface area (Å²) in [7, 11) is 3.37. The second kappa shape index (κ2) is 11.6. The van der Waals surface area contributed by atoms with E-state index in [0.717, 1.165) is 90.8 Å². The molecular formula is C26H42Br2NO4+. The predicted molar refractivity (Wildman–Crippen MR) is 140 cm³/mol. The van der Waals surface area contributed by atoms with E-state index in [9.17, 15) is 0 Å². The Kier molecular flexibility index (Phi) is 9.58. The Morgan fingerprint density at radius 1 is 1.06 bits per heavy atom. The minimum absolute atomic E-state index is 0. The van der Waals surface area contributed by atoms with E-state index in [2.05, 4.69) is 35.8 Å². The van der Waals surface area contributed by atoms with Crippen LogP contribution in [0.5, 0.6) is 11.5 Å². The number of morpholine rings is 1. The third-order valence-electron chi connectivity index (χ3n) is 8.82. The monoisotopic (exact) mass is 590 g/mol. The van der Waals surface area contributed by atoms with Crippen LogP contribution in [0.25, 0.3) is 0 Å². The number of quaternary nitrogens is 1. The van der Waals surface area contributed by atoms with Gasteiger partial charge in [-0.2, -0.15) is 0 Å². The van der Waals surface area contributed by atoms with E-state index in [1.807, 2.05) is 6.07 Å². The molecule has 4 aliphatic rings. The lowest BCUT2D eigenvalue weighted by atomic mass is 9.45. The molecule has 5 rings (SSSR count). The van der Waals surface area contributed by atoms with Crippen molar-refractivity contribution in [3.05, 3.63) is 22.2 Å². The molecular weight excluding hydrogens is 550 g/mol. The predicted octanol–water partition coefficient (Wildman–Crippen LogP) is 5.87. The van der Waals surface area contributed by atoms with E-state index in [-0.39, 0.29) is 17.0 Å². The van der Waals surface area contributed by atoms with Gasteiger partial charge in [0.25, 0.3) is 0 Å². The molecule has 0 amide bonds. The number of rotatable bonds is 10. The van der Waals surface area contributed by atoms with E-state index in [1.54, 1.807) is 14.2 Å². The SMILES string of the molecule is Br.COc1cc(Br)c(C[N+]2(CCOCCC3CCC4CC3C4(C)C)CCOCC2)cc1OC. The molecule has 33 heavy (non-hydrogen) atoms. The second-order valence-corrected chi connectivity index (χ2v) is 11.5. The van der Waals surface area contributed by atoms with Gasteiger partial charge < -0.3 is 23.4 Å². The molecule has 3 saturated carbocycles. The van der Waals surface area contributed by atoms with Crippen molar-refractivity contribution in [3.63, 3.8) is 0 Å². The first-order valence-corrected chi connectivity index (χ1v) is 13.1. The third kappa shape index (κ3) is 5.91. The molecule has 0 radical (unpaired) electrons. The summed E-state index contributed by atoms with van der Waals surface area (Å²) in [6.45, 7) is 12.3. The normalized spacial score (nSPS) is 27.2. The minimum atomic E-state index is 0. The highest BCUT2D eigenvalue weighted by Gasteiger charge is 2.53. The van der Waals surface area contributed by atoms with Gasteiger partial charge in [0, 0.05) is 16.6 Å². The smallest absolute Gasteiger partial charge is 0.161 e. The van der Waals surface area contributed by atoms with Crippen molar-refractivity contribution in [3.8, 4) is 11.5 Å². The van der Waals surface area contributed by atoms with Crippen LogP contribution in [-0.4, -0.2) is 64.8 Å². The Hall–Kier alpha value is -0.340. The first kappa shape index (κ1) is 27.3. The average molecular weight is 592 g/mol. The lowest BCUT2D eigenvalue weighted by molar-refractivity contribution is -0.947. The van der Waals surface area contributed by atoms with Crippen LogP contribution in [0.3, 0.4) is 0 Å². The quantitative estimate of drug-likeness (QED) is 0.252. The van der Waals surface area contributed by atoms with Gasteiger partial charge in [0.15, 0.2) is 11.5 Å². The van der Waals surface area contributed by atoms with Crippen LogP contribution < -0.4 is 9.47 Å². The topological polar surface area (TPSA) is 36.9 Å². The van der Waals surface area contributed by atoms with Crippen molar-refractivity contribution in [1.82, 2.24) is 0 Å². The Labute approximate surface area is 219 Å². The molecule has 4 fully saturated rings. The molecule has 5 nitrogen and oxygen atoms in total. The summed E-state index contributed by atoms with van der Waals surface area (Å²) in [6, 6.07) is 4.12. The lowest BCUT2D eigenvalue weighted by Gasteiger charge is -2.60. The van der Waals surface area contributed by atoms with Gasteiger partial charge in [0.05, 0.1) is 34.0 Å². The summed E-state index contributed by atoms with van der Waals surface area (Å²) in [5.41, 5.74) is 1.81. The Morgan fingerprint density at radius 2 is 1.76 bits per heavy atom. The van der Waals surface area contributed by atoms with Gasteiger partial charge >= 0.3 is 0 Å². The van der Waals surface area contributed by atoms with Crippen LogP contribution in [0.4, 0.5) is 0 Å². The van der Waals surface area contributed by atoms with Crippen molar-refractivity contribution in [1.29, 1.82) is 0 Å². The molecule has 0 spiro atoms. The standard InChI is InChI=1S/C26H41BrNO4.BrH/c1-26(2)21-6-5-19(22(26)16-21)7-11-31-12-8-28(9-13-32-14-10-28)18-20-15-24(29-3)25(30-4)17-23(20)27;/h15,17,19,21-22H,5-14,16,18H2,1-4H3;1H/q+1;. The van der Waals surface area contributed by atoms with Gasteiger partial charge in [-0.25, -0.2) is 0 Å². The van der Waals surface area contributed by atoms with Gasteiger partial charge in [0.1, 0.15) is 26.2 Å². The van der Waals surface area contributed by atoms with Gasteiger partial charge in [-0.15, -0.1) is 17.0 Å². The minimum Gasteiger partial charge on any atom is -0.493 e. The van der Waals surface area contributed by atoms with Crippen molar-refractivity contribution >= 4 is 32.9 Å². The van der Waals surface area contributed by atoms with Crippen LogP contribution in [0, 0.1) is 23.2 Å². The van der Waals surface area contributed by atoms with Crippen molar-refractivity contribution < 1.29 is 23.4 Å². The fraction of sp³-hybridized carbons (Fsp3) is 0.769. The summed E-state index contributed by atoms with van der Waals surface area (Å²) in [5, 5.41) is 0. The number of benzene rings is 1. The number of methoxy groups -OCH3 is 2. The zero-order valence-corrected chi connectivity index (χ0v) is 24.0. The Bertz CT molecular complexity index is 780. The average Bonchev–Trinajstić information content (AvgIpc) is 2.80. The van der Waals surface area contributed by atoms with Crippen LogP contribution in [0.1, 0.15) is 45.1 Å².